The number of halogens is 2. The highest BCUT2D eigenvalue weighted by molar-refractivity contribution is 6.32. The molecule has 0 spiro atoms. The number of rotatable bonds is 5. The SMILES string of the molecule is NC1CCC(NCc2ccc(Cl)c(Oc3ccccc3)c2F)CC1. The highest BCUT2D eigenvalue weighted by atomic mass is 35.5. The van der Waals surface area contributed by atoms with Crippen molar-refractivity contribution in [2.75, 3.05) is 0 Å². The summed E-state index contributed by atoms with van der Waals surface area (Å²) in [4.78, 5) is 0. The molecule has 3 N–H and O–H groups in total. The van der Waals surface area contributed by atoms with Crippen molar-refractivity contribution in [2.45, 2.75) is 44.3 Å². The van der Waals surface area contributed by atoms with Crippen LogP contribution in [0.2, 0.25) is 5.02 Å². The minimum absolute atomic E-state index is 0.0767. The Morgan fingerprint density at radius 1 is 1.08 bits per heavy atom. The fourth-order valence-electron chi connectivity index (χ4n) is 2.99. The molecular weight excluding hydrogens is 327 g/mol. The Kier molecular flexibility index (Phi) is 5.72. The van der Waals surface area contributed by atoms with Crippen molar-refractivity contribution in [3.63, 3.8) is 0 Å². The van der Waals surface area contributed by atoms with Gasteiger partial charge in [0.2, 0.25) is 0 Å². The molecule has 0 atom stereocenters. The van der Waals surface area contributed by atoms with Crippen molar-refractivity contribution in [2.24, 2.45) is 5.73 Å². The number of nitrogens with two attached hydrogens (primary N) is 1. The molecule has 3 nitrogen and oxygen atoms in total. The van der Waals surface area contributed by atoms with E-state index in [0.29, 0.717) is 29.9 Å². The molecule has 0 amide bonds. The van der Waals surface area contributed by atoms with Crippen LogP contribution in [0.15, 0.2) is 42.5 Å². The van der Waals surface area contributed by atoms with E-state index in [1.165, 1.54) is 0 Å². The molecule has 3 rings (SSSR count). The number of para-hydroxylation sites is 1. The Labute approximate surface area is 147 Å². The topological polar surface area (TPSA) is 47.3 Å². The van der Waals surface area contributed by atoms with Gasteiger partial charge in [-0.05, 0) is 43.9 Å². The van der Waals surface area contributed by atoms with Crippen molar-refractivity contribution in [3.8, 4) is 11.5 Å². The van der Waals surface area contributed by atoms with Crippen molar-refractivity contribution in [1.29, 1.82) is 0 Å². The number of hydrogen-bond acceptors (Lipinski definition) is 3. The van der Waals surface area contributed by atoms with E-state index in [9.17, 15) is 4.39 Å². The van der Waals surface area contributed by atoms with Gasteiger partial charge in [-0.3, -0.25) is 0 Å². The Hall–Kier alpha value is -1.62. The first-order valence-electron chi connectivity index (χ1n) is 8.32. The summed E-state index contributed by atoms with van der Waals surface area (Å²) in [5.74, 6) is 0.226. The van der Waals surface area contributed by atoms with Crippen LogP contribution in [0.3, 0.4) is 0 Å². The Morgan fingerprint density at radius 2 is 1.79 bits per heavy atom. The number of nitrogens with one attached hydrogen (secondary N) is 1. The van der Waals surface area contributed by atoms with E-state index in [0.717, 1.165) is 25.7 Å². The quantitative estimate of drug-likeness (QED) is 0.828. The standard InChI is InChI=1S/C19H22ClFN2O/c20-17-11-6-13(12-23-15-9-7-14(22)8-10-15)18(21)19(17)24-16-4-2-1-3-5-16/h1-6,11,14-15,23H,7-10,12,22H2. The molecule has 1 aliphatic rings. The molecule has 0 heterocycles. The lowest BCUT2D eigenvalue weighted by Gasteiger charge is -2.27. The zero-order chi connectivity index (χ0) is 16.9. The van der Waals surface area contributed by atoms with Gasteiger partial charge in [-0.15, -0.1) is 0 Å². The van der Waals surface area contributed by atoms with Crippen molar-refractivity contribution in [1.82, 2.24) is 5.32 Å². The fourth-order valence-corrected chi connectivity index (χ4v) is 3.17. The van der Waals surface area contributed by atoms with E-state index in [-0.39, 0.29) is 10.8 Å². The smallest absolute Gasteiger partial charge is 0.181 e. The lowest BCUT2D eigenvalue weighted by Crippen LogP contribution is -2.37. The summed E-state index contributed by atoms with van der Waals surface area (Å²) in [6.45, 7) is 0.452. The number of hydrogen-bond donors (Lipinski definition) is 2. The minimum Gasteiger partial charge on any atom is -0.453 e. The predicted molar refractivity (Wildman–Crippen MR) is 95.0 cm³/mol. The molecule has 0 radical (unpaired) electrons. The zero-order valence-electron chi connectivity index (χ0n) is 13.5. The molecule has 0 bridgehead atoms. The van der Waals surface area contributed by atoms with Crippen LogP contribution in [0.4, 0.5) is 4.39 Å². The van der Waals surface area contributed by atoms with Crippen LogP contribution < -0.4 is 15.8 Å². The Balaban J connectivity index is 1.69. The van der Waals surface area contributed by atoms with E-state index >= 15 is 0 Å². The van der Waals surface area contributed by atoms with Gasteiger partial charge in [0.1, 0.15) is 5.75 Å². The molecule has 0 aromatic heterocycles. The maximum Gasteiger partial charge on any atom is 0.181 e. The van der Waals surface area contributed by atoms with Crippen LogP contribution in [0.25, 0.3) is 0 Å². The molecule has 5 heteroatoms. The number of benzene rings is 2. The van der Waals surface area contributed by atoms with Gasteiger partial charge >= 0.3 is 0 Å². The molecular formula is C19H22ClFN2O. The molecule has 1 aliphatic carbocycles. The van der Waals surface area contributed by atoms with Gasteiger partial charge < -0.3 is 15.8 Å². The first-order chi connectivity index (χ1) is 11.6. The molecule has 0 unspecified atom stereocenters. The molecule has 128 valence electrons. The summed E-state index contributed by atoms with van der Waals surface area (Å²) >= 11 is 6.12. The molecule has 0 saturated heterocycles. The van der Waals surface area contributed by atoms with Gasteiger partial charge in [0.25, 0.3) is 0 Å². The van der Waals surface area contributed by atoms with Gasteiger partial charge in [-0.1, -0.05) is 35.9 Å². The highest BCUT2D eigenvalue weighted by Gasteiger charge is 2.20. The van der Waals surface area contributed by atoms with Crippen LogP contribution in [-0.4, -0.2) is 12.1 Å². The van der Waals surface area contributed by atoms with Crippen LogP contribution in [0, 0.1) is 5.82 Å². The maximum absolute atomic E-state index is 14.8. The summed E-state index contributed by atoms with van der Waals surface area (Å²) in [5.41, 5.74) is 6.47. The molecule has 1 fully saturated rings. The maximum atomic E-state index is 14.8. The average Bonchev–Trinajstić information content (AvgIpc) is 2.60. The summed E-state index contributed by atoms with van der Waals surface area (Å²) in [5, 5.41) is 3.68. The Bertz CT molecular complexity index is 673. The fraction of sp³-hybridized carbons (Fsp3) is 0.368. The van der Waals surface area contributed by atoms with Crippen LogP contribution in [0.5, 0.6) is 11.5 Å². The second-order valence-corrected chi connectivity index (χ2v) is 6.66. The Morgan fingerprint density at radius 3 is 2.50 bits per heavy atom. The van der Waals surface area contributed by atoms with Crippen molar-refractivity contribution >= 4 is 11.6 Å². The normalized spacial score (nSPS) is 20.8. The summed E-state index contributed by atoms with van der Waals surface area (Å²) in [6.07, 6.45) is 4.10. The van der Waals surface area contributed by atoms with E-state index < -0.39 is 5.82 Å². The van der Waals surface area contributed by atoms with E-state index in [1.807, 2.05) is 18.2 Å². The number of ether oxygens (including phenoxy) is 1. The summed E-state index contributed by atoms with van der Waals surface area (Å²) in [6, 6.07) is 13.2. The molecule has 1 saturated carbocycles. The van der Waals surface area contributed by atoms with Crippen molar-refractivity contribution in [3.05, 3.63) is 58.9 Å². The van der Waals surface area contributed by atoms with Crippen LogP contribution >= 0.6 is 11.6 Å². The van der Waals surface area contributed by atoms with E-state index in [4.69, 9.17) is 22.1 Å². The predicted octanol–water partition coefficient (Wildman–Crippen LogP) is 4.63. The lowest BCUT2D eigenvalue weighted by atomic mass is 9.92. The van der Waals surface area contributed by atoms with Gasteiger partial charge in [0.05, 0.1) is 5.02 Å². The van der Waals surface area contributed by atoms with E-state index in [1.54, 1.807) is 24.3 Å². The third-order valence-corrected chi connectivity index (χ3v) is 4.74. The van der Waals surface area contributed by atoms with Crippen molar-refractivity contribution < 1.29 is 9.13 Å². The van der Waals surface area contributed by atoms with Gasteiger partial charge in [-0.2, -0.15) is 0 Å². The molecule has 24 heavy (non-hydrogen) atoms. The third-order valence-electron chi connectivity index (χ3n) is 4.45. The van der Waals surface area contributed by atoms with E-state index in [2.05, 4.69) is 5.32 Å². The van der Waals surface area contributed by atoms with Gasteiger partial charge in [0.15, 0.2) is 11.6 Å². The largest absolute Gasteiger partial charge is 0.453 e. The lowest BCUT2D eigenvalue weighted by molar-refractivity contribution is 0.339. The first-order valence-corrected chi connectivity index (χ1v) is 8.70. The van der Waals surface area contributed by atoms with Crippen LogP contribution in [-0.2, 0) is 6.54 Å². The second-order valence-electron chi connectivity index (χ2n) is 6.26. The molecule has 2 aromatic carbocycles. The minimum atomic E-state index is -0.411. The van der Waals surface area contributed by atoms with Gasteiger partial charge in [0, 0.05) is 24.2 Å². The summed E-state index contributed by atoms with van der Waals surface area (Å²) < 4.78 is 20.4. The average molecular weight is 349 g/mol. The first kappa shape index (κ1) is 17.2. The third kappa shape index (κ3) is 4.26. The highest BCUT2D eigenvalue weighted by Crippen LogP contribution is 2.34. The second kappa shape index (κ2) is 7.97. The zero-order valence-corrected chi connectivity index (χ0v) is 14.2. The van der Waals surface area contributed by atoms with Crippen LogP contribution in [0.1, 0.15) is 31.2 Å². The molecule has 0 aliphatic heterocycles. The monoisotopic (exact) mass is 348 g/mol. The molecule has 2 aromatic rings. The summed E-state index contributed by atoms with van der Waals surface area (Å²) in [7, 11) is 0. The van der Waals surface area contributed by atoms with Gasteiger partial charge in [-0.25, -0.2) is 4.39 Å².